The van der Waals surface area contributed by atoms with Crippen LogP contribution < -0.4 is 15.2 Å². The highest BCUT2D eigenvalue weighted by molar-refractivity contribution is 7.89. The van der Waals surface area contributed by atoms with Crippen molar-refractivity contribution in [3.8, 4) is 5.75 Å². The molecule has 0 radical (unpaired) electrons. The number of ether oxygens (including phenoxy) is 1. The lowest BCUT2D eigenvalue weighted by molar-refractivity contribution is 0.0953. The SMILES string of the molecule is COc1ccccc1C(=O)NCCS(N)(=O)=O. The third-order valence-electron chi connectivity index (χ3n) is 2.02. The van der Waals surface area contributed by atoms with Crippen LogP contribution >= 0.6 is 0 Å². The van der Waals surface area contributed by atoms with Gasteiger partial charge in [-0.25, -0.2) is 13.6 Å². The Labute approximate surface area is 99.8 Å². The second kappa shape index (κ2) is 5.65. The van der Waals surface area contributed by atoms with Crippen LogP contribution in [0.2, 0.25) is 0 Å². The fraction of sp³-hybridized carbons (Fsp3) is 0.300. The molecule has 0 fully saturated rings. The van der Waals surface area contributed by atoms with E-state index in [2.05, 4.69) is 5.32 Å². The molecule has 0 saturated heterocycles. The van der Waals surface area contributed by atoms with Gasteiger partial charge in [0.2, 0.25) is 10.0 Å². The molecule has 1 rings (SSSR count). The van der Waals surface area contributed by atoms with E-state index in [4.69, 9.17) is 9.88 Å². The zero-order valence-corrected chi connectivity index (χ0v) is 10.2. The summed E-state index contributed by atoms with van der Waals surface area (Å²) in [6.07, 6.45) is 0. The van der Waals surface area contributed by atoms with E-state index in [-0.39, 0.29) is 12.3 Å². The van der Waals surface area contributed by atoms with Crippen LogP contribution in [0.5, 0.6) is 5.75 Å². The molecule has 0 aliphatic rings. The maximum absolute atomic E-state index is 11.7. The van der Waals surface area contributed by atoms with Crippen LogP contribution in [0.1, 0.15) is 10.4 Å². The van der Waals surface area contributed by atoms with Gasteiger partial charge in [-0.3, -0.25) is 4.79 Å². The Bertz CT molecular complexity index is 499. The van der Waals surface area contributed by atoms with Crippen LogP contribution in [-0.2, 0) is 10.0 Å². The lowest BCUT2D eigenvalue weighted by Crippen LogP contribution is -2.31. The Hall–Kier alpha value is -1.60. The minimum Gasteiger partial charge on any atom is -0.496 e. The topological polar surface area (TPSA) is 98.5 Å². The van der Waals surface area contributed by atoms with E-state index in [1.165, 1.54) is 7.11 Å². The third kappa shape index (κ3) is 4.41. The largest absolute Gasteiger partial charge is 0.496 e. The van der Waals surface area contributed by atoms with E-state index in [1.54, 1.807) is 24.3 Å². The van der Waals surface area contributed by atoms with Gasteiger partial charge in [-0.15, -0.1) is 0 Å². The first kappa shape index (κ1) is 13.5. The highest BCUT2D eigenvalue weighted by Crippen LogP contribution is 2.16. The number of carbonyl (C=O) groups is 1. The number of amides is 1. The third-order valence-corrected chi connectivity index (χ3v) is 2.80. The molecule has 1 amide bonds. The van der Waals surface area contributed by atoms with Crippen molar-refractivity contribution in [2.24, 2.45) is 5.14 Å². The standard InChI is InChI=1S/C10H14N2O4S/c1-16-9-5-3-2-4-8(9)10(13)12-6-7-17(11,14)15/h2-5H,6-7H2,1H3,(H,12,13)(H2,11,14,15). The van der Waals surface area contributed by atoms with Gasteiger partial charge in [0.25, 0.3) is 5.91 Å². The summed E-state index contributed by atoms with van der Waals surface area (Å²) < 4.78 is 26.4. The molecular weight excluding hydrogens is 244 g/mol. The molecule has 0 saturated carbocycles. The first-order chi connectivity index (χ1) is 7.94. The number of rotatable bonds is 5. The fourth-order valence-corrected chi connectivity index (χ4v) is 1.62. The zero-order valence-electron chi connectivity index (χ0n) is 9.34. The van der Waals surface area contributed by atoms with Crippen molar-refractivity contribution >= 4 is 15.9 Å². The molecule has 0 aromatic heterocycles. The van der Waals surface area contributed by atoms with Gasteiger partial charge in [-0.2, -0.15) is 0 Å². The fourth-order valence-electron chi connectivity index (χ4n) is 1.23. The lowest BCUT2D eigenvalue weighted by atomic mass is 10.2. The van der Waals surface area contributed by atoms with E-state index in [9.17, 15) is 13.2 Å². The number of benzene rings is 1. The highest BCUT2D eigenvalue weighted by Gasteiger charge is 2.11. The average Bonchev–Trinajstić information content (AvgIpc) is 2.27. The molecule has 3 N–H and O–H groups in total. The number of sulfonamides is 1. The van der Waals surface area contributed by atoms with Crippen molar-refractivity contribution < 1.29 is 17.9 Å². The van der Waals surface area contributed by atoms with Crippen molar-refractivity contribution in [3.63, 3.8) is 0 Å². The number of hydrogen-bond donors (Lipinski definition) is 2. The maximum Gasteiger partial charge on any atom is 0.255 e. The van der Waals surface area contributed by atoms with Gasteiger partial charge in [0.15, 0.2) is 0 Å². The molecule has 17 heavy (non-hydrogen) atoms. The van der Waals surface area contributed by atoms with Crippen LogP contribution in [0.4, 0.5) is 0 Å². The van der Waals surface area contributed by atoms with Crippen LogP contribution in [0.15, 0.2) is 24.3 Å². The molecule has 0 bridgehead atoms. The van der Waals surface area contributed by atoms with Crippen LogP contribution in [0, 0.1) is 0 Å². The number of nitrogens with one attached hydrogen (secondary N) is 1. The molecule has 94 valence electrons. The van der Waals surface area contributed by atoms with Crippen molar-refractivity contribution in [3.05, 3.63) is 29.8 Å². The first-order valence-electron chi connectivity index (χ1n) is 4.86. The Morgan fingerprint density at radius 1 is 1.41 bits per heavy atom. The van der Waals surface area contributed by atoms with Crippen LogP contribution in [0.25, 0.3) is 0 Å². The summed E-state index contributed by atoms with van der Waals surface area (Å²) in [5.41, 5.74) is 0.351. The molecule has 6 nitrogen and oxygen atoms in total. The number of para-hydroxylation sites is 1. The van der Waals surface area contributed by atoms with E-state index in [1.807, 2.05) is 0 Å². The smallest absolute Gasteiger partial charge is 0.255 e. The van der Waals surface area contributed by atoms with Gasteiger partial charge in [-0.1, -0.05) is 12.1 Å². The second-order valence-corrected chi connectivity index (χ2v) is 5.06. The molecule has 0 aliphatic heterocycles. The molecule has 0 unspecified atom stereocenters. The van der Waals surface area contributed by atoms with Gasteiger partial charge in [0.05, 0.1) is 18.4 Å². The Balaban J connectivity index is 2.64. The zero-order chi connectivity index (χ0) is 12.9. The summed E-state index contributed by atoms with van der Waals surface area (Å²) in [6, 6.07) is 6.66. The number of nitrogens with two attached hydrogens (primary N) is 1. The quantitative estimate of drug-likeness (QED) is 0.758. The minimum absolute atomic E-state index is 0.0320. The summed E-state index contributed by atoms with van der Waals surface area (Å²) in [7, 11) is -2.11. The lowest BCUT2D eigenvalue weighted by Gasteiger charge is -2.08. The van der Waals surface area contributed by atoms with Crippen LogP contribution in [-0.4, -0.2) is 33.7 Å². The minimum atomic E-state index is -3.56. The van der Waals surface area contributed by atoms with Gasteiger partial charge in [0.1, 0.15) is 5.75 Å². The van der Waals surface area contributed by atoms with E-state index >= 15 is 0 Å². The molecule has 0 atom stereocenters. The second-order valence-electron chi connectivity index (χ2n) is 3.32. The maximum atomic E-state index is 11.7. The highest BCUT2D eigenvalue weighted by atomic mass is 32.2. The molecular formula is C10H14N2O4S. The summed E-state index contributed by atoms with van der Waals surface area (Å²) in [6.45, 7) is -0.0320. The molecule has 0 aliphatic carbocycles. The van der Waals surface area contributed by atoms with Crippen molar-refractivity contribution in [2.45, 2.75) is 0 Å². The van der Waals surface area contributed by atoms with Gasteiger partial charge >= 0.3 is 0 Å². The first-order valence-corrected chi connectivity index (χ1v) is 6.57. The Morgan fingerprint density at radius 3 is 2.65 bits per heavy atom. The Morgan fingerprint density at radius 2 is 2.06 bits per heavy atom. The van der Waals surface area contributed by atoms with Gasteiger partial charge < -0.3 is 10.1 Å². The predicted molar refractivity (Wildman–Crippen MR) is 63.3 cm³/mol. The van der Waals surface area contributed by atoms with Crippen LogP contribution in [0.3, 0.4) is 0 Å². The molecule has 7 heteroatoms. The van der Waals surface area contributed by atoms with Crippen molar-refractivity contribution in [1.29, 1.82) is 0 Å². The summed E-state index contributed by atoms with van der Waals surface area (Å²) in [4.78, 5) is 11.7. The van der Waals surface area contributed by atoms with E-state index in [0.717, 1.165) is 0 Å². The number of primary sulfonamides is 1. The normalized spacial score (nSPS) is 10.9. The number of carbonyl (C=O) groups excluding carboxylic acids is 1. The summed E-state index contributed by atoms with van der Waals surface area (Å²) in [5.74, 6) is -0.264. The molecule has 1 aromatic carbocycles. The Kier molecular flexibility index (Phi) is 4.47. The van der Waals surface area contributed by atoms with Gasteiger partial charge in [0, 0.05) is 6.54 Å². The van der Waals surface area contributed by atoms with E-state index in [0.29, 0.717) is 11.3 Å². The predicted octanol–water partition coefficient (Wildman–Crippen LogP) is -0.286. The number of methoxy groups -OCH3 is 1. The summed E-state index contributed by atoms with van der Waals surface area (Å²) in [5, 5.41) is 7.26. The average molecular weight is 258 g/mol. The van der Waals surface area contributed by atoms with E-state index < -0.39 is 15.9 Å². The van der Waals surface area contributed by atoms with Crippen molar-refractivity contribution in [1.82, 2.24) is 5.32 Å². The molecule has 0 heterocycles. The number of hydrogen-bond acceptors (Lipinski definition) is 4. The molecule has 0 spiro atoms. The van der Waals surface area contributed by atoms with Gasteiger partial charge in [-0.05, 0) is 12.1 Å². The van der Waals surface area contributed by atoms with Crippen molar-refractivity contribution in [2.75, 3.05) is 19.4 Å². The monoisotopic (exact) mass is 258 g/mol. The summed E-state index contributed by atoms with van der Waals surface area (Å²) >= 11 is 0. The molecule has 1 aromatic rings.